The van der Waals surface area contributed by atoms with E-state index in [1.807, 2.05) is 48.5 Å². The van der Waals surface area contributed by atoms with Gasteiger partial charge < -0.3 is 4.90 Å². The van der Waals surface area contributed by atoms with Gasteiger partial charge in [0.1, 0.15) is 0 Å². The summed E-state index contributed by atoms with van der Waals surface area (Å²) < 4.78 is 44.4. The van der Waals surface area contributed by atoms with Crippen molar-refractivity contribution in [3.63, 3.8) is 0 Å². The summed E-state index contributed by atoms with van der Waals surface area (Å²) in [7, 11) is 0. The fourth-order valence-electron chi connectivity index (χ4n) is 8.56. The lowest BCUT2D eigenvalue weighted by molar-refractivity contribution is 0.660. The van der Waals surface area contributed by atoms with Crippen molar-refractivity contribution in [2.24, 2.45) is 0 Å². The minimum Gasteiger partial charge on any atom is -0.310 e. The van der Waals surface area contributed by atoms with Crippen molar-refractivity contribution >= 4 is 38.6 Å². The average Bonchev–Trinajstić information content (AvgIpc) is 3.51. The van der Waals surface area contributed by atoms with Crippen LogP contribution in [-0.4, -0.2) is 0 Å². The average molecular weight is 695 g/mol. The first-order valence-electron chi connectivity index (χ1n) is 20.9. The van der Waals surface area contributed by atoms with E-state index in [1.165, 1.54) is 22.3 Å². The zero-order chi connectivity index (χ0) is 40.6. The number of anilines is 3. The lowest BCUT2D eigenvalue weighted by Gasteiger charge is -2.31. The van der Waals surface area contributed by atoms with Crippen LogP contribution < -0.4 is 4.90 Å². The number of hydrogen-bond donors (Lipinski definition) is 0. The molecule has 1 nitrogen and oxygen atoms in total. The molecule has 0 aromatic heterocycles. The van der Waals surface area contributed by atoms with Gasteiger partial charge in [0.05, 0.1) is 12.5 Å². The third kappa shape index (κ3) is 5.16. The summed E-state index contributed by atoms with van der Waals surface area (Å²) in [5.74, 6) is 0. The molecule has 0 bridgehead atoms. The largest absolute Gasteiger partial charge is 0.310 e. The number of rotatable bonds is 6. The first-order valence-corrected chi connectivity index (χ1v) is 18.4. The van der Waals surface area contributed by atoms with Crippen molar-refractivity contribution in [2.45, 2.75) is 19.3 Å². The first kappa shape index (κ1) is 27.0. The van der Waals surface area contributed by atoms with Crippen LogP contribution in [0.3, 0.4) is 0 Å². The van der Waals surface area contributed by atoms with Crippen molar-refractivity contribution in [1.29, 1.82) is 0 Å². The third-order valence-electron chi connectivity index (χ3n) is 11.1. The van der Waals surface area contributed by atoms with Gasteiger partial charge in [-0.3, -0.25) is 0 Å². The van der Waals surface area contributed by atoms with Crippen LogP contribution in [0.2, 0.25) is 0 Å². The minimum absolute atomic E-state index is 0.162. The normalized spacial score (nSPS) is 14.1. The van der Waals surface area contributed by atoms with Gasteiger partial charge in [0.2, 0.25) is 0 Å². The van der Waals surface area contributed by atoms with E-state index >= 15 is 0 Å². The molecule has 0 aliphatic heterocycles. The highest BCUT2D eigenvalue weighted by Gasteiger charge is 2.36. The molecule has 9 aromatic carbocycles. The summed E-state index contributed by atoms with van der Waals surface area (Å²) in [6, 6.07) is 57.4. The van der Waals surface area contributed by atoms with Crippen molar-refractivity contribution in [3.8, 4) is 44.5 Å². The van der Waals surface area contributed by atoms with E-state index in [2.05, 4.69) is 140 Å². The Hall–Kier alpha value is -6.70. The third-order valence-corrected chi connectivity index (χ3v) is 11.1. The van der Waals surface area contributed by atoms with Gasteiger partial charge in [-0.05, 0) is 108 Å². The number of nitrogens with zero attached hydrogens (tertiary/aromatic N) is 1. The Bertz CT molecular complexity index is 3110. The Labute approximate surface area is 324 Å². The second kappa shape index (κ2) is 12.8. The standard InChI is InChI=1S/C53H39N/c1-53(2)49-26-14-13-24-46(49)47-33-32-41(35-50(47)53)54(40-30-28-37(29-31-40)36-16-5-3-6-17-36)51-27-15-25-43(38-18-7-4-8-19-38)52(51)48-34-39-20-9-10-21-42(39)44-22-11-12-23-45(44)48/h3-35H,1-2H3/i4D,7D,8D,18D,19D. The Balaban J connectivity index is 1.32. The lowest BCUT2D eigenvalue weighted by Crippen LogP contribution is -2.17. The van der Waals surface area contributed by atoms with Gasteiger partial charge in [0.25, 0.3) is 0 Å². The predicted molar refractivity (Wildman–Crippen MR) is 230 cm³/mol. The highest BCUT2D eigenvalue weighted by Crippen LogP contribution is 2.53. The van der Waals surface area contributed by atoms with Crippen molar-refractivity contribution in [3.05, 3.63) is 211 Å². The first-order chi connectivity index (χ1) is 28.6. The maximum Gasteiger partial charge on any atom is 0.0629 e. The summed E-state index contributed by atoms with van der Waals surface area (Å²) in [6.07, 6.45) is 0. The summed E-state index contributed by atoms with van der Waals surface area (Å²) in [4.78, 5) is 2.27. The van der Waals surface area contributed by atoms with Gasteiger partial charge in [-0.2, -0.15) is 0 Å². The number of fused-ring (bicyclic) bond motifs is 6. The monoisotopic (exact) mass is 694 g/mol. The van der Waals surface area contributed by atoms with Crippen LogP contribution in [0, 0.1) is 0 Å². The highest BCUT2D eigenvalue weighted by atomic mass is 15.1. The molecule has 0 radical (unpaired) electrons. The highest BCUT2D eigenvalue weighted by molar-refractivity contribution is 6.16. The fraction of sp³-hybridized carbons (Fsp3) is 0.0566. The van der Waals surface area contributed by atoms with Gasteiger partial charge >= 0.3 is 0 Å². The SMILES string of the molecule is [2H]c1c([2H])c([2H])c(-c2cccc(N(c3ccc(-c4ccccc4)cc3)c3ccc4c(c3)C(C)(C)c3ccccc3-4)c2-c2cc3ccccc3c3ccccc23)c([2H])c1[2H]. The van der Waals surface area contributed by atoms with Crippen LogP contribution in [-0.2, 0) is 5.41 Å². The Morgan fingerprint density at radius 3 is 1.87 bits per heavy atom. The molecule has 0 amide bonds. The minimum atomic E-state index is -0.417. The van der Waals surface area contributed by atoms with Crippen molar-refractivity contribution in [1.82, 2.24) is 0 Å². The van der Waals surface area contributed by atoms with E-state index in [1.54, 1.807) is 0 Å². The van der Waals surface area contributed by atoms with Gasteiger partial charge in [-0.1, -0.05) is 178 Å². The lowest BCUT2D eigenvalue weighted by atomic mass is 9.82. The molecule has 54 heavy (non-hydrogen) atoms. The Kier molecular flexibility index (Phi) is 6.37. The molecule has 0 saturated heterocycles. The van der Waals surface area contributed by atoms with Crippen molar-refractivity contribution in [2.75, 3.05) is 4.90 Å². The van der Waals surface area contributed by atoms with Crippen LogP contribution in [0.15, 0.2) is 200 Å². The smallest absolute Gasteiger partial charge is 0.0629 e. The van der Waals surface area contributed by atoms with E-state index in [0.29, 0.717) is 5.56 Å². The van der Waals surface area contributed by atoms with Gasteiger partial charge in [0, 0.05) is 22.4 Å². The molecular weight excluding hydrogens is 651 g/mol. The predicted octanol–water partition coefficient (Wildman–Crippen LogP) is 14.8. The molecule has 256 valence electrons. The van der Waals surface area contributed by atoms with Crippen LogP contribution in [0.25, 0.3) is 66.1 Å². The van der Waals surface area contributed by atoms with Crippen LogP contribution in [0.5, 0.6) is 0 Å². The molecule has 0 heterocycles. The number of hydrogen-bond acceptors (Lipinski definition) is 1. The molecule has 0 N–H and O–H groups in total. The Morgan fingerprint density at radius 1 is 0.426 bits per heavy atom. The zero-order valence-electron chi connectivity index (χ0n) is 35.1. The summed E-state index contributed by atoms with van der Waals surface area (Å²) in [5, 5.41) is 4.22. The topological polar surface area (TPSA) is 3.24 Å². The summed E-state index contributed by atoms with van der Waals surface area (Å²) in [5.41, 5.74) is 12.0. The molecule has 1 aliphatic rings. The quantitative estimate of drug-likeness (QED) is 0.157. The van der Waals surface area contributed by atoms with Gasteiger partial charge in [0.15, 0.2) is 0 Å². The number of benzene rings is 9. The fourth-order valence-corrected chi connectivity index (χ4v) is 8.56. The molecule has 1 aliphatic carbocycles. The van der Waals surface area contributed by atoms with Crippen molar-refractivity contribution < 1.29 is 6.85 Å². The van der Waals surface area contributed by atoms with Gasteiger partial charge in [-0.25, -0.2) is 0 Å². The van der Waals surface area contributed by atoms with Gasteiger partial charge in [-0.15, -0.1) is 0 Å². The molecule has 9 aromatic rings. The van der Waals surface area contributed by atoms with E-state index in [0.717, 1.165) is 60.9 Å². The summed E-state index contributed by atoms with van der Waals surface area (Å²) in [6.45, 7) is 4.57. The molecule has 0 unspecified atom stereocenters. The van der Waals surface area contributed by atoms with E-state index in [9.17, 15) is 2.74 Å². The molecule has 0 spiro atoms. The molecule has 0 fully saturated rings. The molecular formula is C53H39N. The second-order valence-electron chi connectivity index (χ2n) is 14.5. The van der Waals surface area contributed by atoms with Crippen LogP contribution in [0.1, 0.15) is 31.8 Å². The molecule has 0 saturated carbocycles. The van der Waals surface area contributed by atoms with E-state index in [4.69, 9.17) is 4.11 Å². The van der Waals surface area contributed by atoms with E-state index < -0.39 is 6.04 Å². The Morgan fingerprint density at radius 2 is 1.06 bits per heavy atom. The van der Waals surface area contributed by atoms with Crippen LogP contribution >= 0.6 is 0 Å². The molecule has 1 heteroatoms. The van der Waals surface area contributed by atoms with Crippen LogP contribution in [0.4, 0.5) is 17.1 Å². The molecule has 10 rings (SSSR count). The molecule has 0 atom stereocenters. The summed E-state index contributed by atoms with van der Waals surface area (Å²) >= 11 is 0. The maximum absolute atomic E-state index is 9.24. The maximum atomic E-state index is 9.24. The zero-order valence-corrected chi connectivity index (χ0v) is 30.1. The second-order valence-corrected chi connectivity index (χ2v) is 14.5. The van der Waals surface area contributed by atoms with E-state index in [-0.39, 0.29) is 35.1 Å².